The highest BCUT2D eigenvalue weighted by molar-refractivity contribution is 7.90. The molecule has 1 fully saturated rings. The maximum atomic E-state index is 12.9. The molecular weight excluding hydrogens is 528 g/mol. The zero-order valence-electron chi connectivity index (χ0n) is 19.6. The highest BCUT2D eigenvalue weighted by Gasteiger charge is 2.31. The average molecular weight is 550 g/mol. The molecule has 3 aromatic rings. The smallest absolute Gasteiger partial charge is 0.333 e. The van der Waals surface area contributed by atoms with E-state index in [0.29, 0.717) is 34.1 Å². The van der Waals surface area contributed by atoms with Crippen LogP contribution in [-0.2, 0) is 22.9 Å². The van der Waals surface area contributed by atoms with Gasteiger partial charge in [0.25, 0.3) is 16.1 Å². The summed E-state index contributed by atoms with van der Waals surface area (Å²) in [6.07, 6.45) is 3.75. The van der Waals surface area contributed by atoms with E-state index < -0.39 is 27.2 Å². The molecule has 2 aromatic heterocycles. The Balaban J connectivity index is 1.40. The molecule has 2 aliphatic carbocycles. The average Bonchev–Trinajstić information content (AvgIpc) is 3.48. The maximum absolute atomic E-state index is 12.9. The topological polar surface area (TPSA) is 115 Å². The van der Waals surface area contributed by atoms with E-state index in [1.165, 1.54) is 24.1 Å². The number of benzene rings is 1. The molecule has 0 radical (unpaired) electrons. The Morgan fingerprint density at radius 3 is 2.73 bits per heavy atom. The molecule has 0 atom stereocenters. The number of pyridine rings is 1. The molecule has 9 nitrogen and oxygen atoms in total. The van der Waals surface area contributed by atoms with Crippen LogP contribution in [0.5, 0.6) is 5.88 Å². The van der Waals surface area contributed by atoms with Crippen molar-refractivity contribution in [1.82, 2.24) is 19.5 Å². The van der Waals surface area contributed by atoms with Gasteiger partial charge in [-0.1, -0.05) is 11.6 Å². The monoisotopic (exact) mass is 549 g/mol. The van der Waals surface area contributed by atoms with E-state index in [9.17, 15) is 22.0 Å². The first-order valence-corrected chi connectivity index (χ1v) is 13.3. The van der Waals surface area contributed by atoms with Gasteiger partial charge in [0.15, 0.2) is 5.03 Å². The number of carbonyl (C=O) groups is 1. The molecule has 13 heteroatoms. The molecular formula is C24H22ClF2N5O4S. The molecule has 1 aromatic carbocycles. The van der Waals surface area contributed by atoms with Crippen LogP contribution in [0.3, 0.4) is 0 Å². The van der Waals surface area contributed by atoms with Gasteiger partial charge < -0.3 is 10.1 Å². The number of nitrogens with zero attached hydrogens (tertiary/aromatic N) is 3. The van der Waals surface area contributed by atoms with Crippen molar-refractivity contribution in [2.75, 3.05) is 12.4 Å². The van der Waals surface area contributed by atoms with Gasteiger partial charge in [0.05, 0.1) is 23.9 Å². The van der Waals surface area contributed by atoms with E-state index in [-0.39, 0.29) is 24.5 Å². The number of sulfonamides is 1. The molecule has 0 aliphatic heterocycles. The minimum atomic E-state index is -4.34. The molecule has 0 unspecified atom stereocenters. The first-order chi connectivity index (χ1) is 17.7. The summed E-state index contributed by atoms with van der Waals surface area (Å²) in [5, 5.41) is 6.68. The summed E-state index contributed by atoms with van der Waals surface area (Å²) < 4.78 is 59.5. The first kappa shape index (κ1) is 25.2. The summed E-state index contributed by atoms with van der Waals surface area (Å²) in [5.74, 6) is 0.353. The van der Waals surface area contributed by atoms with Gasteiger partial charge in [-0.25, -0.2) is 14.5 Å². The van der Waals surface area contributed by atoms with Gasteiger partial charge >= 0.3 is 6.03 Å². The van der Waals surface area contributed by atoms with Crippen LogP contribution in [0.1, 0.15) is 36.4 Å². The van der Waals surface area contributed by atoms with Crippen LogP contribution in [0.15, 0.2) is 53.3 Å². The van der Waals surface area contributed by atoms with E-state index in [1.807, 2.05) is 10.8 Å². The summed E-state index contributed by atoms with van der Waals surface area (Å²) >= 11 is 6.62. The molecule has 0 saturated heterocycles. The number of ether oxygens (including phenoxy) is 1. The van der Waals surface area contributed by atoms with Gasteiger partial charge in [-0.05, 0) is 72.6 Å². The summed E-state index contributed by atoms with van der Waals surface area (Å²) in [7, 11) is -2.85. The second kappa shape index (κ2) is 9.75. The van der Waals surface area contributed by atoms with E-state index in [4.69, 9.17) is 16.3 Å². The van der Waals surface area contributed by atoms with Crippen LogP contribution in [0.25, 0.3) is 11.1 Å². The minimum absolute atomic E-state index is 0.0269. The number of nitrogens with one attached hydrogen (secondary N) is 2. The van der Waals surface area contributed by atoms with E-state index in [2.05, 4.69) is 15.4 Å². The van der Waals surface area contributed by atoms with Crippen LogP contribution < -0.4 is 14.8 Å². The second-order valence-corrected chi connectivity index (χ2v) is 10.8. The molecule has 2 amide bonds. The number of hydrogen-bond acceptors (Lipinski definition) is 6. The normalized spacial score (nSPS) is 16.6. The van der Waals surface area contributed by atoms with Gasteiger partial charge in [0, 0.05) is 24.0 Å². The molecule has 0 bridgehead atoms. The highest BCUT2D eigenvalue weighted by atomic mass is 35.5. The van der Waals surface area contributed by atoms with Gasteiger partial charge in [0.1, 0.15) is 0 Å². The maximum Gasteiger partial charge on any atom is 0.333 e. The van der Waals surface area contributed by atoms with Gasteiger partial charge in [-0.2, -0.15) is 22.3 Å². The lowest BCUT2D eigenvalue weighted by atomic mass is 9.87. The summed E-state index contributed by atoms with van der Waals surface area (Å²) in [4.78, 5) is 17.0. The van der Waals surface area contributed by atoms with Gasteiger partial charge in [0.2, 0.25) is 5.88 Å². The van der Waals surface area contributed by atoms with Crippen molar-refractivity contribution in [3.8, 4) is 17.0 Å². The predicted molar refractivity (Wildman–Crippen MR) is 132 cm³/mol. The Morgan fingerprint density at radius 2 is 2.00 bits per heavy atom. The third kappa shape index (κ3) is 4.90. The lowest BCUT2D eigenvalue weighted by Crippen LogP contribution is -2.35. The number of hydrogen-bond donors (Lipinski definition) is 2. The molecule has 2 aliphatic rings. The fourth-order valence-corrected chi connectivity index (χ4v) is 5.81. The number of aromatic nitrogens is 3. The molecule has 194 valence electrons. The highest BCUT2D eigenvalue weighted by Crippen LogP contribution is 2.43. The van der Waals surface area contributed by atoms with Gasteiger partial charge in [-0.3, -0.25) is 4.68 Å². The van der Waals surface area contributed by atoms with Crippen LogP contribution >= 0.6 is 11.6 Å². The summed E-state index contributed by atoms with van der Waals surface area (Å²) in [6.45, 7) is 0. The Kier molecular flexibility index (Phi) is 6.63. The molecule has 37 heavy (non-hydrogen) atoms. The Labute approximate surface area is 216 Å². The third-order valence-electron chi connectivity index (χ3n) is 6.51. The van der Waals surface area contributed by atoms with E-state index >= 15 is 0 Å². The molecule has 2 heterocycles. The number of allylic oxidation sites excluding steroid dienone is 1. The van der Waals surface area contributed by atoms with Crippen molar-refractivity contribution >= 4 is 33.3 Å². The quantitative estimate of drug-likeness (QED) is 0.442. The van der Waals surface area contributed by atoms with E-state index in [0.717, 1.165) is 24.0 Å². The number of anilines is 1. The largest absolute Gasteiger partial charge is 0.481 e. The van der Waals surface area contributed by atoms with Crippen LogP contribution in [0.4, 0.5) is 19.3 Å². The Morgan fingerprint density at radius 1 is 1.22 bits per heavy atom. The fourth-order valence-electron chi connectivity index (χ4n) is 4.64. The number of carbonyl (C=O) groups excluding carboxylic acids is 1. The number of rotatable bonds is 6. The second-order valence-electron chi connectivity index (χ2n) is 8.81. The van der Waals surface area contributed by atoms with Crippen molar-refractivity contribution in [3.05, 3.63) is 64.5 Å². The SMILES string of the molecule is COc1cc(-c2c(Cl)cc3c(c2NC(=O)NS(=O)(=O)c2ccn(C4CC(=C(F)F)C4)n2)CCC3)ccn1. The summed E-state index contributed by atoms with van der Waals surface area (Å²) in [6, 6.07) is 5.12. The number of aryl methyl sites for hydroxylation is 1. The molecule has 5 rings (SSSR count). The van der Waals surface area contributed by atoms with Crippen LogP contribution in [0.2, 0.25) is 5.02 Å². The number of urea groups is 1. The molecule has 0 spiro atoms. The zero-order chi connectivity index (χ0) is 26.3. The Bertz CT molecular complexity index is 1530. The summed E-state index contributed by atoms with van der Waals surface area (Å²) in [5.41, 5.74) is 3.45. The molecule has 1 saturated carbocycles. The Hall–Kier alpha value is -3.51. The molecule has 2 N–H and O–H groups in total. The number of halogens is 3. The zero-order valence-corrected chi connectivity index (χ0v) is 21.2. The van der Waals surface area contributed by atoms with Gasteiger partial charge in [-0.15, -0.1) is 0 Å². The standard InChI is InChI=1S/C24H22ClF2N5O4S/c1-36-19-12-14(5-7-28-19)21-18(25)11-13-3-2-4-17(13)22(21)29-24(33)31-37(34,35)20-6-8-32(30-20)16-9-15(10-16)23(26)27/h5-8,11-12,16H,2-4,9-10H2,1H3,(H2,29,31,33). The van der Waals surface area contributed by atoms with Crippen molar-refractivity contribution < 1.29 is 26.7 Å². The predicted octanol–water partition coefficient (Wildman–Crippen LogP) is 5.09. The lowest BCUT2D eigenvalue weighted by Gasteiger charge is -2.28. The van der Waals surface area contributed by atoms with Crippen molar-refractivity contribution in [2.24, 2.45) is 0 Å². The third-order valence-corrected chi connectivity index (χ3v) is 8.04. The first-order valence-electron chi connectivity index (χ1n) is 11.4. The fraction of sp³-hybridized carbons (Fsp3) is 0.292. The van der Waals surface area contributed by atoms with Crippen LogP contribution in [-0.4, -0.2) is 36.3 Å². The van der Waals surface area contributed by atoms with E-state index in [1.54, 1.807) is 18.3 Å². The van der Waals surface area contributed by atoms with Crippen molar-refractivity contribution in [3.63, 3.8) is 0 Å². The number of fused-ring (bicyclic) bond motifs is 1. The number of amides is 2. The van der Waals surface area contributed by atoms with Crippen molar-refractivity contribution in [2.45, 2.75) is 43.2 Å². The van der Waals surface area contributed by atoms with Crippen LogP contribution in [0, 0.1) is 0 Å². The number of methoxy groups -OCH3 is 1. The minimum Gasteiger partial charge on any atom is -0.481 e. The lowest BCUT2D eigenvalue weighted by molar-refractivity contribution is 0.256. The van der Waals surface area contributed by atoms with Crippen molar-refractivity contribution in [1.29, 1.82) is 0 Å².